The number of rotatable bonds is 5. The number of likely N-dealkylation sites (tertiary alicyclic amines) is 1. The van der Waals surface area contributed by atoms with E-state index in [-0.39, 0.29) is 12.3 Å². The molecular formula is C13H17NO4. The molecule has 2 rings (SSSR count). The lowest BCUT2D eigenvalue weighted by atomic mass is 10.3. The van der Waals surface area contributed by atoms with Crippen LogP contribution in [0.1, 0.15) is 6.42 Å². The highest BCUT2D eigenvalue weighted by molar-refractivity contribution is 5.78. The van der Waals surface area contributed by atoms with Crippen molar-refractivity contribution in [1.29, 1.82) is 0 Å². The van der Waals surface area contributed by atoms with Gasteiger partial charge in [-0.1, -0.05) is 12.1 Å². The van der Waals surface area contributed by atoms with E-state index in [4.69, 9.17) is 9.47 Å². The molecule has 0 aliphatic carbocycles. The Morgan fingerprint density at radius 3 is 2.72 bits per heavy atom. The monoisotopic (exact) mass is 251 g/mol. The summed E-state index contributed by atoms with van der Waals surface area (Å²) in [6.45, 7) is 1.26. The van der Waals surface area contributed by atoms with E-state index in [0.717, 1.165) is 0 Å². The number of aliphatic hydroxyl groups is 1. The Morgan fingerprint density at radius 2 is 2.11 bits per heavy atom. The molecule has 0 saturated carbocycles. The zero-order chi connectivity index (χ0) is 13.0. The zero-order valence-electron chi connectivity index (χ0n) is 10.3. The summed E-state index contributed by atoms with van der Waals surface area (Å²) >= 11 is 0. The third-order valence-corrected chi connectivity index (χ3v) is 2.88. The van der Waals surface area contributed by atoms with Crippen LogP contribution in [0, 0.1) is 0 Å². The van der Waals surface area contributed by atoms with Gasteiger partial charge in [0.05, 0.1) is 26.2 Å². The summed E-state index contributed by atoms with van der Waals surface area (Å²) in [4.78, 5) is 13.0. The number of ether oxygens (including phenoxy) is 2. The van der Waals surface area contributed by atoms with Gasteiger partial charge in [-0.2, -0.15) is 0 Å². The topological polar surface area (TPSA) is 59.0 Å². The number of hydrogen-bond donors (Lipinski definition) is 1. The van der Waals surface area contributed by atoms with Crippen molar-refractivity contribution in [2.75, 3.05) is 26.8 Å². The van der Waals surface area contributed by atoms with Gasteiger partial charge < -0.3 is 19.5 Å². The molecule has 1 saturated heterocycles. The van der Waals surface area contributed by atoms with Crippen molar-refractivity contribution in [1.82, 2.24) is 4.90 Å². The van der Waals surface area contributed by atoms with Gasteiger partial charge in [-0.25, -0.2) is 0 Å². The van der Waals surface area contributed by atoms with Crippen LogP contribution >= 0.6 is 0 Å². The Balaban J connectivity index is 1.83. The molecule has 5 nitrogen and oxygen atoms in total. The average Bonchev–Trinajstić information content (AvgIpc) is 2.68. The summed E-state index contributed by atoms with van der Waals surface area (Å²) in [5.41, 5.74) is 0. The highest BCUT2D eigenvalue weighted by Crippen LogP contribution is 2.25. The minimum atomic E-state index is -0.538. The van der Waals surface area contributed by atoms with E-state index in [1.54, 1.807) is 12.0 Å². The molecule has 1 aliphatic heterocycles. The Bertz CT molecular complexity index is 421. The molecule has 1 fully saturated rings. The first-order chi connectivity index (χ1) is 8.70. The summed E-state index contributed by atoms with van der Waals surface area (Å²) in [7, 11) is 1.59. The fraction of sp³-hybridized carbons (Fsp3) is 0.462. The fourth-order valence-electron chi connectivity index (χ4n) is 1.97. The lowest BCUT2D eigenvalue weighted by Crippen LogP contribution is -2.30. The normalized spacial score (nSPS) is 19.1. The van der Waals surface area contributed by atoms with E-state index in [2.05, 4.69) is 0 Å². The number of nitrogens with zero attached hydrogens (tertiary/aromatic N) is 1. The van der Waals surface area contributed by atoms with Gasteiger partial charge in [-0.3, -0.25) is 4.79 Å². The lowest BCUT2D eigenvalue weighted by Gasteiger charge is -2.16. The number of amides is 1. The van der Waals surface area contributed by atoms with Crippen molar-refractivity contribution in [2.24, 2.45) is 0 Å². The Morgan fingerprint density at radius 1 is 1.39 bits per heavy atom. The predicted octanol–water partition coefficient (Wildman–Crippen LogP) is 0.667. The SMILES string of the molecule is COc1ccccc1OCCN1CC(O)CC1=O. The minimum Gasteiger partial charge on any atom is -0.493 e. The van der Waals surface area contributed by atoms with Crippen molar-refractivity contribution in [3.05, 3.63) is 24.3 Å². The van der Waals surface area contributed by atoms with Crippen molar-refractivity contribution in [2.45, 2.75) is 12.5 Å². The quantitative estimate of drug-likeness (QED) is 0.835. The lowest BCUT2D eigenvalue weighted by molar-refractivity contribution is -0.128. The Kier molecular flexibility index (Phi) is 4.04. The second-order valence-electron chi connectivity index (χ2n) is 4.20. The molecule has 1 amide bonds. The van der Waals surface area contributed by atoms with E-state index in [0.29, 0.717) is 31.2 Å². The average molecular weight is 251 g/mol. The van der Waals surface area contributed by atoms with Gasteiger partial charge in [0.15, 0.2) is 11.5 Å². The smallest absolute Gasteiger partial charge is 0.225 e. The van der Waals surface area contributed by atoms with Crippen LogP contribution in [0.15, 0.2) is 24.3 Å². The van der Waals surface area contributed by atoms with Gasteiger partial charge in [-0.05, 0) is 12.1 Å². The van der Waals surface area contributed by atoms with Crippen molar-refractivity contribution in [3.63, 3.8) is 0 Å². The van der Waals surface area contributed by atoms with Gasteiger partial charge >= 0.3 is 0 Å². The van der Waals surface area contributed by atoms with E-state index >= 15 is 0 Å². The zero-order valence-corrected chi connectivity index (χ0v) is 10.3. The third-order valence-electron chi connectivity index (χ3n) is 2.88. The maximum absolute atomic E-state index is 11.4. The first-order valence-corrected chi connectivity index (χ1v) is 5.92. The van der Waals surface area contributed by atoms with Gasteiger partial charge in [-0.15, -0.1) is 0 Å². The van der Waals surface area contributed by atoms with Gasteiger partial charge in [0.1, 0.15) is 6.61 Å². The molecule has 18 heavy (non-hydrogen) atoms. The summed E-state index contributed by atoms with van der Waals surface area (Å²) < 4.78 is 10.7. The van der Waals surface area contributed by atoms with Crippen LogP contribution in [0.4, 0.5) is 0 Å². The highest BCUT2D eigenvalue weighted by atomic mass is 16.5. The van der Waals surface area contributed by atoms with Crippen molar-refractivity contribution in [3.8, 4) is 11.5 Å². The van der Waals surface area contributed by atoms with E-state index < -0.39 is 6.10 Å². The maximum atomic E-state index is 11.4. The van der Waals surface area contributed by atoms with Crippen molar-refractivity contribution < 1.29 is 19.4 Å². The number of carbonyl (C=O) groups is 1. The molecule has 0 aromatic heterocycles. The molecule has 1 N–H and O–H groups in total. The summed E-state index contributed by atoms with van der Waals surface area (Å²) in [5.74, 6) is 1.31. The first kappa shape index (κ1) is 12.7. The summed E-state index contributed by atoms with van der Waals surface area (Å²) in [6, 6.07) is 7.37. The van der Waals surface area contributed by atoms with Crippen LogP contribution in [-0.4, -0.2) is 48.8 Å². The highest BCUT2D eigenvalue weighted by Gasteiger charge is 2.27. The molecular weight excluding hydrogens is 234 g/mol. The Hall–Kier alpha value is -1.75. The maximum Gasteiger partial charge on any atom is 0.225 e. The van der Waals surface area contributed by atoms with Gasteiger partial charge in [0.2, 0.25) is 5.91 Å². The number of carbonyl (C=O) groups excluding carboxylic acids is 1. The minimum absolute atomic E-state index is 0.0221. The summed E-state index contributed by atoms with van der Waals surface area (Å²) in [5, 5.41) is 9.35. The fourth-order valence-corrected chi connectivity index (χ4v) is 1.97. The number of aliphatic hydroxyl groups excluding tert-OH is 1. The van der Waals surface area contributed by atoms with E-state index in [1.807, 2.05) is 24.3 Å². The van der Waals surface area contributed by atoms with E-state index in [9.17, 15) is 9.90 Å². The molecule has 1 atom stereocenters. The molecule has 1 aromatic carbocycles. The number of para-hydroxylation sites is 2. The second-order valence-corrected chi connectivity index (χ2v) is 4.20. The van der Waals surface area contributed by atoms with Crippen LogP contribution in [0.25, 0.3) is 0 Å². The van der Waals surface area contributed by atoms with Crippen LogP contribution in [0.3, 0.4) is 0 Å². The number of benzene rings is 1. The number of hydrogen-bond acceptors (Lipinski definition) is 4. The molecule has 1 aliphatic rings. The molecule has 1 heterocycles. The molecule has 1 unspecified atom stereocenters. The van der Waals surface area contributed by atoms with Crippen LogP contribution in [0.5, 0.6) is 11.5 Å². The van der Waals surface area contributed by atoms with Gasteiger partial charge in [0, 0.05) is 6.54 Å². The molecule has 98 valence electrons. The molecule has 0 radical (unpaired) electrons. The number of β-amino-alcohol motifs (C(OH)–C–C–N with tert-alkyl or cyclic N) is 1. The molecule has 0 spiro atoms. The first-order valence-electron chi connectivity index (χ1n) is 5.92. The second kappa shape index (κ2) is 5.73. The molecule has 1 aromatic rings. The Labute approximate surface area is 106 Å². The van der Waals surface area contributed by atoms with Gasteiger partial charge in [0.25, 0.3) is 0 Å². The number of methoxy groups -OCH3 is 1. The van der Waals surface area contributed by atoms with Crippen LogP contribution < -0.4 is 9.47 Å². The summed E-state index contributed by atoms with van der Waals surface area (Å²) in [6.07, 6.45) is -0.321. The largest absolute Gasteiger partial charge is 0.493 e. The third kappa shape index (κ3) is 2.92. The van der Waals surface area contributed by atoms with Crippen molar-refractivity contribution >= 4 is 5.91 Å². The molecule has 0 bridgehead atoms. The van der Waals surface area contributed by atoms with E-state index in [1.165, 1.54) is 0 Å². The standard InChI is InChI=1S/C13H17NO4/c1-17-11-4-2-3-5-12(11)18-7-6-14-9-10(15)8-13(14)16/h2-5,10,15H,6-9H2,1H3. The van der Waals surface area contributed by atoms with Crippen LogP contribution in [0.2, 0.25) is 0 Å². The molecule has 5 heteroatoms. The predicted molar refractivity (Wildman–Crippen MR) is 65.7 cm³/mol. The van der Waals surface area contributed by atoms with Crippen LogP contribution in [-0.2, 0) is 4.79 Å².